The van der Waals surface area contributed by atoms with Crippen molar-refractivity contribution in [2.24, 2.45) is 0 Å². The zero-order chi connectivity index (χ0) is 23.1. The Morgan fingerprint density at radius 1 is 1.12 bits per heavy atom. The first kappa shape index (κ1) is 22.3. The molecule has 0 radical (unpaired) electrons. The maximum atomic E-state index is 14.4. The summed E-state index contributed by atoms with van der Waals surface area (Å²) in [6.07, 6.45) is 2.43. The quantitative estimate of drug-likeness (QED) is 0.578. The summed E-state index contributed by atoms with van der Waals surface area (Å²) in [7, 11) is -7.87. The van der Waals surface area contributed by atoms with Gasteiger partial charge in [-0.3, -0.25) is 9.20 Å². The van der Waals surface area contributed by atoms with Crippen LogP contribution in [0.3, 0.4) is 0 Å². The van der Waals surface area contributed by atoms with Crippen LogP contribution in [0, 0.1) is 5.82 Å². The Morgan fingerprint density at radius 2 is 1.84 bits per heavy atom. The monoisotopic (exact) mass is 482 g/mol. The van der Waals surface area contributed by atoms with Crippen molar-refractivity contribution in [2.75, 3.05) is 37.9 Å². The van der Waals surface area contributed by atoms with E-state index in [0.717, 1.165) is 22.7 Å². The highest BCUT2D eigenvalue weighted by molar-refractivity contribution is 7.90. The van der Waals surface area contributed by atoms with Crippen molar-refractivity contribution in [2.45, 2.75) is 10.1 Å². The Kier molecular flexibility index (Phi) is 5.75. The smallest absolute Gasteiger partial charge is 0.276 e. The SMILES string of the molecule is CS(=O)(=O)c1nc(C(=O)Nc2ccc(F)c(S(=O)(=O)N3CCOCC3)c2)c2ccccn12. The number of benzene rings is 1. The number of hydrogen-bond donors (Lipinski definition) is 1. The highest BCUT2D eigenvalue weighted by atomic mass is 32.2. The number of nitrogens with zero attached hydrogens (tertiary/aromatic N) is 3. The first-order chi connectivity index (χ1) is 15.1. The lowest BCUT2D eigenvalue weighted by Crippen LogP contribution is -2.40. The highest BCUT2D eigenvalue weighted by Crippen LogP contribution is 2.25. The number of fused-ring (bicyclic) bond motifs is 1. The molecule has 1 aromatic carbocycles. The number of halogens is 1. The zero-order valence-electron chi connectivity index (χ0n) is 16.9. The van der Waals surface area contributed by atoms with Gasteiger partial charge in [0.05, 0.1) is 18.7 Å². The van der Waals surface area contributed by atoms with Crippen LogP contribution < -0.4 is 5.32 Å². The minimum Gasteiger partial charge on any atom is -0.379 e. The minimum atomic E-state index is -4.14. The molecule has 1 aliphatic rings. The number of morpholine rings is 1. The molecular weight excluding hydrogens is 463 g/mol. The lowest BCUT2D eigenvalue weighted by molar-refractivity contribution is 0.0729. The molecule has 0 bridgehead atoms. The van der Waals surface area contributed by atoms with Crippen molar-refractivity contribution in [1.29, 1.82) is 0 Å². The number of ether oxygens (including phenoxy) is 1. The van der Waals surface area contributed by atoms with Gasteiger partial charge >= 0.3 is 0 Å². The van der Waals surface area contributed by atoms with Crippen molar-refractivity contribution in [3.05, 3.63) is 54.1 Å². The Bertz CT molecular complexity index is 1410. The van der Waals surface area contributed by atoms with Crippen molar-refractivity contribution in [3.63, 3.8) is 0 Å². The third kappa shape index (κ3) is 4.11. The molecule has 170 valence electrons. The van der Waals surface area contributed by atoms with Crippen LogP contribution in [0.15, 0.2) is 52.6 Å². The van der Waals surface area contributed by atoms with E-state index in [1.54, 1.807) is 12.1 Å². The largest absolute Gasteiger partial charge is 0.379 e. The number of rotatable bonds is 5. The number of nitrogens with one attached hydrogen (secondary N) is 1. The van der Waals surface area contributed by atoms with E-state index in [2.05, 4.69) is 10.3 Å². The van der Waals surface area contributed by atoms with Gasteiger partial charge in [0.15, 0.2) is 5.69 Å². The molecule has 2 aromatic heterocycles. The first-order valence-electron chi connectivity index (χ1n) is 9.45. The summed E-state index contributed by atoms with van der Waals surface area (Å²) in [6.45, 7) is 0.585. The van der Waals surface area contributed by atoms with Gasteiger partial charge in [0.25, 0.3) is 5.91 Å². The molecule has 13 heteroatoms. The second-order valence-electron chi connectivity index (χ2n) is 7.09. The van der Waals surface area contributed by atoms with Crippen molar-refractivity contribution < 1.29 is 30.8 Å². The van der Waals surface area contributed by atoms with Gasteiger partial charge < -0.3 is 10.1 Å². The molecule has 1 fully saturated rings. The number of amides is 1. The van der Waals surface area contributed by atoms with E-state index in [-0.39, 0.29) is 48.4 Å². The van der Waals surface area contributed by atoms with Gasteiger partial charge in [0, 0.05) is 31.2 Å². The Morgan fingerprint density at radius 3 is 2.53 bits per heavy atom. The van der Waals surface area contributed by atoms with E-state index >= 15 is 0 Å². The first-order valence-corrected chi connectivity index (χ1v) is 12.8. The van der Waals surface area contributed by atoms with Crippen molar-refractivity contribution in [1.82, 2.24) is 13.7 Å². The summed E-state index contributed by atoms with van der Waals surface area (Å²) < 4.78 is 71.7. The lowest BCUT2D eigenvalue weighted by atomic mass is 10.2. The van der Waals surface area contributed by atoms with Crippen LogP contribution in [0.25, 0.3) is 5.52 Å². The summed E-state index contributed by atoms with van der Waals surface area (Å²) >= 11 is 0. The summed E-state index contributed by atoms with van der Waals surface area (Å²) in [5, 5.41) is 2.16. The van der Waals surface area contributed by atoms with Crippen LogP contribution in [-0.2, 0) is 24.6 Å². The standard InChI is InChI=1S/C19H19FN4O6S2/c1-31(26,27)19-22-17(15-4-2-3-7-24(15)19)18(25)21-13-5-6-14(20)16(12-13)32(28,29)23-8-10-30-11-9-23/h2-7,12H,8-11H2,1H3,(H,21,25). The van der Waals surface area contributed by atoms with Crippen LogP contribution >= 0.6 is 0 Å². The van der Waals surface area contributed by atoms with Crippen molar-refractivity contribution in [3.8, 4) is 0 Å². The molecule has 10 nitrogen and oxygen atoms in total. The number of anilines is 1. The summed E-state index contributed by atoms with van der Waals surface area (Å²) in [6, 6.07) is 7.90. The third-order valence-electron chi connectivity index (χ3n) is 4.84. The molecule has 32 heavy (non-hydrogen) atoms. The molecule has 1 aliphatic heterocycles. The number of sulfone groups is 1. The summed E-state index contributed by atoms with van der Waals surface area (Å²) in [4.78, 5) is 16.3. The van der Waals surface area contributed by atoms with Crippen molar-refractivity contribution >= 4 is 37.0 Å². The Labute approximate surface area is 183 Å². The van der Waals surface area contributed by atoms with Gasteiger partial charge in [-0.2, -0.15) is 4.31 Å². The van der Waals surface area contributed by atoms with Gasteiger partial charge in [0.1, 0.15) is 10.7 Å². The number of carbonyl (C=O) groups is 1. The number of pyridine rings is 1. The van der Waals surface area contributed by atoms with E-state index < -0.39 is 36.5 Å². The lowest BCUT2D eigenvalue weighted by Gasteiger charge is -2.26. The second kappa shape index (κ2) is 8.24. The Balaban J connectivity index is 1.69. The third-order valence-corrected chi connectivity index (χ3v) is 7.70. The van der Waals surface area contributed by atoms with E-state index in [1.165, 1.54) is 22.7 Å². The van der Waals surface area contributed by atoms with E-state index in [1.807, 2.05) is 0 Å². The second-order valence-corrected chi connectivity index (χ2v) is 10.9. The molecule has 0 aliphatic carbocycles. The van der Waals surface area contributed by atoms with E-state index in [0.29, 0.717) is 0 Å². The molecule has 3 heterocycles. The average Bonchev–Trinajstić information content (AvgIpc) is 3.16. The van der Waals surface area contributed by atoms with Crippen LogP contribution in [-0.4, -0.2) is 69.0 Å². The van der Waals surface area contributed by atoms with Gasteiger partial charge in [-0.25, -0.2) is 26.2 Å². The molecule has 0 atom stereocenters. The van der Waals surface area contributed by atoms with E-state index in [9.17, 15) is 26.0 Å². The predicted molar refractivity (Wildman–Crippen MR) is 112 cm³/mol. The fraction of sp³-hybridized carbons (Fsp3) is 0.263. The molecule has 4 rings (SSSR count). The number of aromatic nitrogens is 2. The van der Waals surface area contributed by atoms with Crippen LogP contribution in [0.2, 0.25) is 0 Å². The molecule has 1 saturated heterocycles. The maximum Gasteiger partial charge on any atom is 0.276 e. The molecular formula is C19H19FN4O6S2. The number of sulfonamides is 1. The zero-order valence-corrected chi connectivity index (χ0v) is 18.5. The molecule has 1 amide bonds. The average molecular weight is 483 g/mol. The maximum absolute atomic E-state index is 14.4. The molecule has 0 saturated carbocycles. The summed E-state index contributed by atoms with van der Waals surface area (Å²) in [5.41, 5.74) is 0.0860. The fourth-order valence-electron chi connectivity index (χ4n) is 3.33. The highest BCUT2D eigenvalue weighted by Gasteiger charge is 2.30. The number of carbonyl (C=O) groups excluding carboxylic acids is 1. The summed E-state index contributed by atoms with van der Waals surface area (Å²) in [5.74, 6) is -1.73. The van der Waals surface area contributed by atoms with Gasteiger partial charge in [-0.1, -0.05) is 6.07 Å². The molecule has 0 unspecified atom stereocenters. The van der Waals surface area contributed by atoms with Crippen LogP contribution in [0.1, 0.15) is 10.5 Å². The topological polar surface area (TPSA) is 127 Å². The van der Waals surface area contributed by atoms with Gasteiger partial charge in [-0.15, -0.1) is 0 Å². The molecule has 1 N–H and O–H groups in total. The normalized spacial score (nSPS) is 15.7. The molecule has 3 aromatic rings. The predicted octanol–water partition coefficient (Wildman–Crippen LogP) is 1.15. The van der Waals surface area contributed by atoms with E-state index in [4.69, 9.17) is 4.74 Å². The van der Waals surface area contributed by atoms with Crippen LogP contribution in [0.5, 0.6) is 0 Å². The number of hydrogen-bond acceptors (Lipinski definition) is 7. The fourth-order valence-corrected chi connectivity index (χ4v) is 5.61. The molecule has 0 spiro atoms. The number of imidazole rings is 1. The van der Waals surface area contributed by atoms with Gasteiger partial charge in [-0.05, 0) is 30.3 Å². The van der Waals surface area contributed by atoms with Gasteiger partial charge in [0.2, 0.25) is 25.0 Å². The Hall–Kier alpha value is -2.87. The minimum absolute atomic E-state index is 0.0150. The van der Waals surface area contributed by atoms with Crippen LogP contribution in [0.4, 0.5) is 10.1 Å².